The second-order valence-electron chi connectivity index (χ2n) is 6.16. The summed E-state index contributed by atoms with van der Waals surface area (Å²) < 4.78 is 12.0. The number of ether oxygens (including phenoxy) is 2. The van der Waals surface area contributed by atoms with Crippen molar-refractivity contribution in [1.82, 2.24) is 9.97 Å². The minimum absolute atomic E-state index is 0. The maximum Gasteiger partial charge on any atom is 0.175 e. The number of rotatable bonds is 6. The lowest BCUT2D eigenvalue weighted by atomic mass is 10.1. The van der Waals surface area contributed by atoms with E-state index < -0.39 is 0 Å². The molecule has 0 unspecified atom stereocenters. The Hall–Kier alpha value is -2.49. The molecule has 2 aromatic carbocycles. The molecule has 5 nitrogen and oxygen atoms in total. The quantitative estimate of drug-likeness (QED) is 0.573. The molecule has 0 bridgehead atoms. The van der Waals surface area contributed by atoms with Crippen LogP contribution in [0.15, 0.2) is 34.8 Å². The van der Waals surface area contributed by atoms with Gasteiger partial charge in [0.15, 0.2) is 11.5 Å². The van der Waals surface area contributed by atoms with E-state index in [-0.39, 0.29) is 12.4 Å². The second kappa shape index (κ2) is 9.63. The highest BCUT2D eigenvalue weighted by molar-refractivity contribution is 9.10. The van der Waals surface area contributed by atoms with Crippen LogP contribution >= 0.6 is 15.9 Å². The number of methoxy groups -OCH3 is 1. The summed E-state index contributed by atoms with van der Waals surface area (Å²) in [4.78, 5) is 7.75. The van der Waals surface area contributed by atoms with E-state index in [2.05, 4.69) is 32.0 Å². The van der Waals surface area contributed by atoms with Crippen molar-refractivity contribution in [2.24, 2.45) is 0 Å². The third kappa shape index (κ3) is 4.67. The lowest BCUT2D eigenvalue weighted by Crippen LogP contribution is -3.00. The zero-order chi connectivity index (χ0) is 19.4. The van der Waals surface area contributed by atoms with E-state index >= 15 is 0 Å². The fourth-order valence-electron chi connectivity index (χ4n) is 2.74. The van der Waals surface area contributed by atoms with Gasteiger partial charge in [-0.2, -0.15) is 5.26 Å². The van der Waals surface area contributed by atoms with Gasteiger partial charge in [0.1, 0.15) is 11.9 Å². The summed E-state index contributed by atoms with van der Waals surface area (Å²) in [5.74, 6) is 1.82. The molecule has 0 atom stereocenters. The normalized spacial score (nSPS) is 11.0. The van der Waals surface area contributed by atoms with Crippen LogP contribution in [0.5, 0.6) is 11.5 Å². The maximum atomic E-state index is 9.64. The first-order valence-corrected chi connectivity index (χ1v) is 9.44. The first-order chi connectivity index (χ1) is 13.0. The van der Waals surface area contributed by atoms with Crippen LogP contribution in [0, 0.1) is 18.3 Å². The zero-order valence-electron chi connectivity index (χ0n) is 15.8. The third-order valence-electron chi connectivity index (χ3n) is 4.03. The largest absolute Gasteiger partial charge is 1.00 e. The number of aromatic amines is 1. The minimum atomic E-state index is 0. The predicted molar refractivity (Wildman–Crippen MR) is 111 cm³/mol. The van der Waals surface area contributed by atoms with Gasteiger partial charge in [-0.15, -0.1) is 0 Å². The summed E-state index contributed by atoms with van der Waals surface area (Å²) >= 11 is 3.53. The highest BCUT2D eigenvalue weighted by atomic mass is 79.9. The summed E-state index contributed by atoms with van der Waals surface area (Å²) in [5.41, 5.74) is 4.14. The first-order valence-electron chi connectivity index (χ1n) is 8.64. The number of nitrogens with zero attached hydrogens (tertiary/aromatic N) is 2. The molecule has 0 fully saturated rings. The number of benzene rings is 2. The van der Waals surface area contributed by atoms with Gasteiger partial charge in [0.25, 0.3) is 0 Å². The van der Waals surface area contributed by atoms with Gasteiger partial charge in [-0.1, -0.05) is 13.0 Å². The number of hydrogen-bond acceptors (Lipinski definition) is 4. The van der Waals surface area contributed by atoms with Crippen molar-refractivity contribution in [2.75, 3.05) is 13.7 Å². The van der Waals surface area contributed by atoms with Crippen LogP contribution in [-0.4, -0.2) is 23.7 Å². The molecule has 7 heteroatoms. The van der Waals surface area contributed by atoms with E-state index in [1.807, 2.05) is 44.2 Å². The van der Waals surface area contributed by atoms with E-state index in [0.29, 0.717) is 29.5 Å². The average molecular weight is 462 g/mol. The summed E-state index contributed by atoms with van der Waals surface area (Å²) in [7, 11) is 1.60. The summed E-state index contributed by atoms with van der Waals surface area (Å²) in [6.45, 7) is 4.67. The molecule has 0 saturated heterocycles. The molecule has 0 amide bonds. The van der Waals surface area contributed by atoms with Crippen LogP contribution in [-0.2, 0) is 0 Å². The Kier molecular flexibility index (Phi) is 7.50. The van der Waals surface area contributed by atoms with Crippen molar-refractivity contribution in [2.45, 2.75) is 20.3 Å². The van der Waals surface area contributed by atoms with Crippen molar-refractivity contribution in [3.63, 3.8) is 0 Å². The molecule has 0 aliphatic rings. The van der Waals surface area contributed by atoms with Crippen molar-refractivity contribution >= 4 is 38.6 Å². The minimum Gasteiger partial charge on any atom is -1.00 e. The van der Waals surface area contributed by atoms with Crippen LogP contribution in [0.4, 0.5) is 0 Å². The molecule has 1 heterocycles. The Balaban J connectivity index is 0.00000280. The van der Waals surface area contributed by atoms with Gasteiger partial charge in [0.2, 0.25) is 0 Å². The maximum absolute atomic E-state index is 9.64. The highest BCUT2D eigenvalue weighted by Gasteiger charge is 2.13. The Morgan fingerprint density at radius 2 is 2.11 bits per heavy atom. The van der Waals surface area contributed by atoms with Crippen LogP contribution < -0.4 is 21.9 Å². The summed E-state index contributed by atoms with van der Waals surface area (Å²) in [6, 6.07) is 11.9. The first kappa shape index (κ1) is 21.8. The smallest absolute Gasteiger partial charge is 0.175 e. The van der Waals surface area contributed by atoms with Crippen LogP contribution in [0.3, 0.4) is 0 Å². The highest BCUT2D eigenvalue weighted by Crippen LogP contribution is 2.37. The van der Waals surface area contributed by atoms with Gasteiger partial charge < -0.3 is 26.9 Å². The second-order valence-corrected chi connectivity index (χ2v) is 7.01. The molecule has 3 rings (SSSR count). The van der Waals surface area contributed by atoms with Crippen molar-refractivity contribution < 1.29 is 21.9 Å². The molecule has 0 spiro atoms. The molecule has 1 aromatic heterocycles. The molecular weight excluding hydrogens is 442 g/mol. The van der Waals surface area contributed by atoms with Crippen molar-refractivity contribution in [3.8, 4) is 17.6 Å². The van der Waals surface area contributed by atoms with Crippen molar-refractivity contribution in [3.05, 3.63) is 51.8 Å². The van der Waals surface area contributed by atoms with Gasteiger partial charge in [-0.05, 0) is 70.7 Å². The van der Waals surface area contributed by atoms with Gasteiger partial charge >= 0.3 is 0 Å². The number of nitriles is 1. The number of hydrogen-bond donors (Lipinski definition) is 1. The number of aromatic nitrogens is 2. The Labute approximate surface area is 178 Å². The van der Waals surface area contributed by atoms with E-state index in [0.717, 1.165) is 33.1 Å². The molecule has 3 aromatic rings. The Bertz CT molecular complexity index is 1050. The standard InChI is InChI=1S/C21H20BrN3O2.ClH/c1-4-7-27-20-16(22)10-14(11-19(20)26-3)9-15(12-23)21-24-17-6-5-13(2)8-18(17)25-21;/h5-6,8-11H,4,7H2,1-3H3,(H,24,25);1H/p-1/b15-9+;. The van der Waals surface area contributed by atoms with Gasteiger partial charge in [-0.3, -0.25) is 0 Å². The Morgan fingerprint density at radius 3 is 2.79 bits per heavy atom. The number of allylic oxidation sites excluding steroid dienone is 1. The lowest BCUT2D eigenvalue weighted by molar-refractivity contribution is -0.00000638. The van der Waals surface area contributed by atoms with E-state index in [1.165, 1.54) is 0 Å². The van der Waals surface area contributed by atoms with E-state index in [1.54, 1.807) is 13.2 Å². The van der Waals surface area contributed by atoms with E-state index in [4.69, 9.17) is 9.47 Å². The summed E-state index contributed by atoms with van der Waals surface area (Å²) in [6.07, 6.45) is 2.68. The number of halogens is 2. The number of imidazole rings is 1. The van der Waals surface area contributed by atoms with Crippen LogP contribution in [0.1, 0.15) is 30.3 Å². The molecule has 0 radical (unpaired) electrons. The molecule has 0 aliphatic carbocycles. The van der Waals surface area contributed by atoms with Gasteiger partial charge in [0.05, 0.1) is 34.8 Å². The summed E-state index contributed by atoms with van der Waals surface area (Å²) in [5, 5.41) is 9.64. The van der Waals surface area contributed by atoms with Gasteiger partial charge in [-0.25, -0.2) is 4.98 Å². The van der Waals surface area contributed by atoms with Crippen LogP contribution in [0.2, 0.25) is 0 Å². The van der Waals surface area contributed by atoms with Crippen LogP contribution in [0.25, 0.3) is 22.7 Å². The average Bonchev–Trinajstić information content (AvgIpc) is 3.07. The molecule has 1 N–H and O–H groups in total. The lowest BCUT2D eigenvalue weighted by Gasteiger charge is -2.13. The predicted octanol–water partition coefficient (Wildman–Crippen LogP) is 2.50. The fourth-order valence-corrected chi connectivity index (χ4v) is 3.31. The fraction of sp³-hybridized carbons (Fsp3) is 0.238. The zero-order valence-corrected chi connectivity index (χ0v) is 18.2. The molecule has 28 heavy (non-hydrogen) atoms. The third-order valence-corrected chi connectivity index (χ3v) is 4.62. The number of H-pyrrole nitrogens is 1. The molecule has 0 saturated carbocycles. The monoisotopic (exact) mass is 460 g/mol. The SMILES string of the molecule is CCCOc1c(Br)cc(/C=C(\C#N)c2nc3ccc(C)cc3[nH]2)cc1OC.[Cl-]. The number of fused-ring (bicyclic) bond motifs is 1. The Morgan fingerprint density at radius 1 is 1.32 bits per heavy atom. The topological polar surface area (TPSA) is 70.9 Å². The van der Waals surface area contributed by atoms with E-state index in [9.17, 15) is 5.26 Å². The number of aryl methyl sites for hydroxylation is 1. The molecule has 0 aliphatic heterocycles. The number of nitrogens with one attached hydrogen (secondary N) is 1. The van der Waals surface area contributed by atoms with Crippen molar-refractivity contribution in [1.29, 1.82) is 5.26 Å². The van der Waals surface area contributed by atoms with Gasteiger partial charge in [0, 0.05) is 0 Å². The molecule has 146 valence electrons. The molecular formula is C21H20BrClN3O2-.